The molecule has 2 nitrogen and oxygen atoms in total. The predicted octanol–water partition coefficient (Wildman–Crippen LogP) is 6.94. The molecule has 1 fully saturated rings. The second-order valence-corrected chi connectivity index (χ2v) is 8.43. The molecule has 146 valence electrons. The second-order valence-electron chi connectivity index (χ2n) is 8.43. The molecule has 1 saturated carbocycles. The van der Waals surface area contributed by atoms with Crippen LogP contribution in [0.3, 0.4) is 0 Å². The fraction of sp³-hybridized carbons (Fsp3) is 0.870. The third-order valence-corrected chi connectivity index (χ3v) is 5.96. The molecule has 1 amide bonds. The van der Waals surface area contributed by atoms with Crippen LogP contribution in [0.5, 0.6) is 0 Å². The summed E-state index contributed by atoms with van der Waals surface area (Å²) in [6.45, 7) is 9.47. The van der Waals surface area contributed by atoms with Crippen LogP contribution in [-0.4, -0.2) is 12.5 Å². The molecular weight excluding hydrogens is 306 g/mol. The SMILES string of the molecule is C=C1CCC[C@]1(C)CC(=O)NCCCCCCCCCCCCCC. The minimum Gasteiger partial charge on any atom is -0.356 e. The average molecular weight is 350 g/mol. The summed E-state index contributed by atoms with van der Waals surface area (Å²) < 4.78 is 0. The van der Waals surface area contributed by atoms with Crippen molar-refractivity contribution in [3.63, 3.8) is 0 Å². The van der Waals surface area contributed by atoms with E-state index in [0.717, 1.165) is 25.8 Å². The fourth-order valence-electron chi connectivity index (χ4n) is 3.99. The zero-order valence-electron chi connectivity index (χ0n) is 17.1. The lowest BCUT2D eigenvalue weighted by molar-refractivity contribution is -0.122. The lowest BCUT2D eigenvalue weighted by atomic mass is 9.82. The molecule has 0 unspecified atom stereocenters. The summed E-state index contributed by atoms with van der Waals surface area (Å²) >= 11 is 0. The Kier molecular flexibility index (Phi) is 11.9. The van der Waals surface area contributed by atoms with Crippen LogP contribution in [0.2, 0.25) is 0 Å². The van der Waals surface area contributed by atoms with Gasteiger partial charge in [-0.15, -0.1) is 0 Å². The first kappa shape index (κ1) is 22.3. The van der Waals surface area contributed by atoms with Crippen LogP contribution in [0.25, 0.3) is 0 Å². The smallest absolute Gasteiger partial charge is 0.220 e. The van der Waals surface area contributed by atoms with Crippen molar-refractivity contribution in [3.05, 3.63) is 12.2 Å². The van der Waals surface area contributed by atoms with Gasteiger partial charge >= 0.3 is 0 Å². The third kappa shape index (κ3) is 10.1. The first-order valence-corrected chi connectivity index (χ1v) is 11.0. The zero-order valence-corrected chi connectivity index (χ0v) is 17.1. The Labute approximate surface area is 157 Å². The van der Waals surface area contributed by atoms with E-state index in [0.29, 0.717) is 6.42 Å². The molecule has 1 atom stereocenters. The van der Waals surface area contributed by atoms with E-state index in [1.807, 2.05) is 0 Å². The van der Waals surface area contributed by atoms with Gasteiger partial charge in [-0.3, -0.25) is 4.79 Å². The van der Waals surface area contributed by atoms with Crippen molar-refractivity contribution in [1.29, 1.82) is 0 Å². The molecule has 25 heavy (non-hydrogen) atoms. The summed E-state index contributed by atoms with van der Waals surface area (Å²) in [4.78, 5) is 12.1. The van der Waals surface area contributed by atoms with E-state index in [1.165, 1.54) is 82.6 Å². The number of hydrogen-bond acceptors (Lipinski definition) is 1. The average Bonchev–Trinajstić information content (AvgIpc) is 2.90. The van der Waals surface area contributed by atoms with Crippen LogP contribution in [0.1, 0.15) is 117 Å². The van der Waals surface area contributed by atoms with E-state index in [-0.39, 0.29) is 11.3 Å². The maximum Gasteiger partial charge on any atom is 0.220 e. The lowest BCUT2D eigenvalue weighted by Crippen LogP contribution is -2.30. The van der Waals surface area contributed by atoms with Crippen LogP contribution in [0.4, 0.5) is 0 Å². The van der Waals surface area contributed by atoms with Gasteiger partial charge in [0.15, 0.2) is 0 Å². The molecule has 0 saturated heterocycles. The molecule has 1 N–H and O–H groups in total. The van der Waals surface area contributed by atoms with Crippen molar-refractivity contribution in [2.75, 3.05) is 6.54 Å². The maximum atomic E-state index is 12.1. The van der Waals surface area contributed by atoms with Crippen LogP contribution in [0.15, 0.2) is 12.2 Å². The summed E-state index contributed by atoms with van der Waals surface area (Å²) in [5, 5.41) is 3.11. The van der Waals surface area contributed by atoms with Crippen molar-refractivity contribution in [3.8, 4) is 0 Å². The van der Waals surface area contributed by atoms with Crippen LogP contribution >= 0.6 is 0 Å². The predicted molar refractivity (Wildman–Crippen MR) is 110 cm³/mol. The van der Waals surface area contributed by atoms with Gasteiger partial charge in [0, 0.05) is 13.0 Å². The number of nitrogens with one attached hydrogen (secondary N) is 1. The summed E-state index contributed by atoms with van der Waals surface area (Å²) in [5.41, 5.74) is 1.33. The lowest BCUT2D eigenvalue weighted by Gasteiger charge is -2.24. The van der Waals surface area contributed by atoms with Crippen molar-refractivity contribution >= 4 is 5.91 Å². The number of carbonyl (C=O) groups excluding carboxylic acids is 1. The highest BCUT2D eigenvalue weighted by Crippen LogP contribution is 2.44. The van der Waals surface area contributed by atoms with Crippen LogP contribution < -0.4 is 5.32 Å². The van der Waals surface area contributed by atoms with Gasteiger partial charge in [0.05, 0.1) is 0 Å². The highest BCUT2D eigenvalue weighted by atomic mass is 16.1. The largest absolute Gasteiger partial charge is 0.356 e. The summed E-state index contributed by atoms with van der Waals surface area (Å²) in [6.07, 6.45) is 20.4. The molecule has 0 aliphatic heterocycles. The minimum absolute atomic E-state index is 0.0562. The summed E-state index contributed by atoms with van der Waals surface area (Å²) in [5.74, 6) is 0.216. The topological polar surface area (TPSA) is 29.1 Å². The van der Waals surface area contributed by atoms with Gasteiger partial charge in [-0.25, -0.2) is 0 Å². The molecule has 1 aliphatic carbocycles. The second kappa shape index (κ2) is 13.4. The summed E-state index contributed by atoms with van der Waals surface area (Å²) in [6, 6.07) is 0. The van der Waals surface area contributed by atoms with Crippen LogP contribution in [-0.2, 0) is 4.79 Å². The first-order valence-electron chi connectivity index (χ1n) is 11.0. The molecule has 1 aliphatic rings. The Hall–Kier alpha value is -0.790. The van der Waals surface area contributed by atoms with Gasteiger partial charge in [-0.1, -0.05) is 96.6 Å². The Balaban J connectivity index is 1.85. The van der Waals surface area contributed by atoms with E-state index in [9.17, 15) is 4.79 Å². The highest BCUT2D eigenvalue weighted by molar-refractivity contribution is 5.77. The van der Waals surface area contributed by atoms with Gasteiger partial charge in [-0.2, -0.15) is 0 Å². The molecule has 0 radical (unpaired) electrons. The molecule has 0 aromatic carbocycles. The van der Waals surface area contributed by atoms with E-state index in [2.05, 4.69) is 25.7 Å². The monoisotopic (exact) mass is 349 g/mol. The van der Waals surface area contributed by atoms with E-state index in [4.69, 9.17) is 0 Å². The van der Waals surface area contributed by atoms with Crippen molar-refractivity contribution in [2.24, 2.45) is 5.41 Å². The normalized spacial score (nSPS) is 20.2. The Morgan fingerprint density at radius 3 is 1.96 bits per heavy atom. The quantitative estimate of drug-likeness (QED) is 0.252. The number of hydrogen-bond donors (Lipinski definition) is 1. The van der Waals surface area contributed by atoms with Gasteiger partial charge in [-0.05, 0) is 31.1 Å². The van der Waals surface area contributed by atoms with Gasteiger partial charge in [0.2, 0.25) is 5.91 Å². The molecule has 1 rings (SSSR count). The highest BCUT2D eigenvalue weighted by Gasteiger charge is 2.34. The number of unbranched alkanes of at least 4 members (excludes halogenated alkanes) is 11. The van der Waals surface area contributed by atoms with Crippen molar-refractivity contribution in [1.82, 2.24) is 5.32 Å². The molecular formula is C23H43NO. The molecule has 0 heterocycles. The number of carbonyl (C=O) groups is 1. The van der Waals surface area contributed by atoms with E-state index < -0.39 is 0 Å². The number of amides is 1. The Morgan fingerprint density at radius 2 is 1.48 bits per heavy atom. The van der Waals surface area contributed by atoms with Crippen LogP contribution in [0, 0.1) is 5.41 Å². The summed E-state index contributed by atoms with van der Waals surface area (Å²) in [7, 11) is 0. The van der Waals surface area contributed by atoms with Gasteiger partial charge in [0.1, 0.15) is 0 Å². The van der Waals surface area contributed by atoms with Gasteiger partial charge < -0.3 is 5.32 Å². The zero-order chi connectivity index (χ0) is 18.4. The van der Waals surface area contributed by atoms with Crippen molar-refractivity contribution in [2.45, 2.75) is 117 Å². The molecule has 2 heteroatoms. The van der Waals surface area contributed by atoms with E-state index in [1.54, 1.807) is 0 Å². The van der Waals surface area contributed by atoms with Crippen molar-refractivity contribution < 1.29 is 4.79 Å². The molecule has 0 spiro atoms. The minimum atomic E-state index is 0.0562. The number of rotatable bonds is 15. The first-order chi connectivity index (χ1) is 12.1. The van der Waals surface area contributed by atoms with E-state index >= 15 is 0 Å². The standard InChI is InChI=1S/C23H43NO/c1-4-5-6-7-8-9-10-11-12-13-14-15-19-24-22(25)20-23(3)18-16-17-21(23)2/h2,4-20H2,1,3H3,(H,24,25)/t23-/m1/s1. The molecule has 0 bridgehead atoms. The Bertz CT molecular complexity index is 376. The molecule has 0 aromatic heterocycles. The maximum absolute atomic E-state index is 12.1. The molecule has 0 aromatic rings. The van der Waals surface area contributed by atoms with Gasteiger partial charge in [0.25, 0.3) is 0 Å². The number of allylic oxidation sites excluding steroid dienone is 1. The third-order valence-electron chi connectivity index (χ3n) is 5.96. The Morgan fingerprint density at radius 1 is 0.960 bits per heavy atom. The fourth-order valence-corrected chi connectivity index (χ4v) is 3.99.